The van der Waals surface area contributed by atoms with Crippen LogP contribution in [0.1, 0.15) is 44.1 Å². The first-order chi connectivity index (χ1) is 14.0. The fourth-order valence-electron chi connectivity index (χ4n) is 4.29. The maximum atomic E-state index is 12.9. The van der Waals surface area contributed by atoms with Gasteiger partial charge in [-0.1, -0.05) is 30.3 Å². The molecule has 156 valence electrons. The number of hydrogen-bond donors (Lipinski definition) is 1. The summed E-state index contributed by atoms with van der Waals surface area (Å²) < 4.78 is 0. The van der Waals surface area contributed by atoms with Crippen molar-refractivity contribution in [3.63, 3.8) is 0 Å². The number of carbonyl (C=O) groups excluding carboxylic acids is 3. The Hall–Kier alpha value is -2.63. The molecule has 0 saturated carbocycles. The Morgan fingerprint density at radius 1 is 1.00 bits per heavy atom. The molecular formula is C23H31N3O3. The lowest BCUT2D eigenvalue weighted by atomic mass is 9.90. The molecule has 2 heterocycles. The molecule has 3 amide bonds. The van der Waals surface area contributed by atoms with Crippen LogP contribution in [-0.4, -0.2) is 53.7 Å². The van der Waals surface area contributed by atoms with Crippen molar-refractivity contribution >= 4 is 23.8 Å². The molecular weight excluding hydrogens is 366 g/mol. The topological polar surface area (TPSA) is 83.7 Å². The summed E-state index contributed by atoms with van der Waals surface area (Å²) in [5.74, 6) is 0.300. The van der Waals surface area contributed by atoms with Crippen LogP contribution in [0.3, 0.4) is 0 Å². The quantitative estimate of drug-likeness (QED) is 0.749. The van der Waals surface area contributed by atoms with Crippen LogP contribution in [0.25, 0.3) is 6.08 Å². The first kappa shape index (κ1) is 21.1. The summed E-state index contributed by atoms with van der Waals surface area (Å²) >= 11 is 0. The third-order valence-corrected chi connectivity index (χ3v) is 6.00. The van der Waals surface area contributed by atoms with Gasteiger partial charge in [-0.05, 0) is 49.7 Å². The van der Waals surface area contributed by atoms with Gasteiger partial charge in [-0.25, -0.2) is 0 Å². The molecule has 0 aromatic heterocycles. The molecule has 1 aromatic rings. The highest BCUT2D eigenvalue weighted by atomic mass is 16.2. The SMILES string of the molecule is NC(=O)CCC1CCCN(C(=O)C2CCN(C(=O)/C=C/c3ccccc3)CC2)C1. The van der Waals surface area contributed by atoms with Crippen molar-refractivity contribution in [1.82, 2.24) is 9.80 Å². The van der Waals surface area contributed by atoms with E-state index < -0.39 is 0 Å². The van der Waals surface area contributed by atoms with Crippen LogP contribution >= 0.6 is 0 Å². The fourth-order valence-corrected chi connectivity index (χ4v) is 4.29. The molecule has 6 nitrogen and oxygen atoms in total. The summed E-state index contributed by atoms with van der Waals surface area (Å²) in [5.41, 5.74) is 6.26. The third-order valence-electron chi connectivity index (χ3n) is 6.00. The second-order valence-corrected chi connectivity index (χ2v) is 8.14. The summed E-state index contributed by atoms with van der Waals surface area (Å²) in [6.07, 6.45) is 8.07. The van der Waals surface area contributed by atoms with Gasteiger partial charge in [0.1, 0.15) is 0 Å². The zero-order valence-corrected chi connectivity index (χ0v) is 17.0. The summed E-state index contributed by atoms with van der Waals surface area (Å²) in [5, 5.41) is 0. The average molecular weight is 398 g/mol. The molecule has 3 rings (SSSR count). The molecule has 2 aliphatic rings. The molecule has 2 fully saturated rings. The Balaban J connectivity index is 1.46. The molecule has 1 atom stereocenters. The molecule has 0 bridgehead atoms. The van der Waals surface area contributed by atoms with Crippen molar-refractivity contribution in [3.05, 3.63) is 42.0 Å². The van der Waals surface area contributed by atoms with Crippen LogP contribution in [0.15, 0.2) is 36.4 Å². The molecule has 2 N–H and O–H groups in total. The Morgan fingerprint density at radius 3 is 2.41 bits per heavy atom. The van der Waals surface area contributed by atoms with E-state index in [-0.39, 0.29) is 23.6 Å². The van der Waals surface area contributed by atoms with Crippen LogP contribution in [0.4, 0.5) is 0 Å². The number of rotatable bonds is 6. The summed E-state index contributed by atoms with van der Waals surface area (Å²) in [4.78, 5) is 40.2. The summed E-state index contributed by atoms with van der Waals surface area (Å²) in [6, 6.07) is 9.76. The third kappa shape index (κ3) is 6.17. The Morgan fingerprint density at radius 2 is 1.72 bits per heavy atom. The average Bonchev–Trinajstić information content (AvgIpc) is 2.76. The van der Waals surface area contributed by atoms with Crippen LogP contribution < -0.4 is 5.73 Å². The van der Waals surface area contributed by atoms with Crippen LogP contribution in [0, 0.1) is 11.8 Å². The van der Waals surface area contributed by atoms with Gasteiger partial charge in [0.2, 0.25) is 17.7 Å². The lowest BCUT2D eigenvalue weighted by Crippen LogP contribution is -2.47. The van der Waals surface area contributed by atoms with Crippen LogP contribution in [0.5, 0.6) is 0 Å². The zero-order chi connectivity index (χ0) is 20.6. The highest BCUT2D eigenvalue weighted by molar-refractivity contribution is 5.92. The Kier molecular flexibility index (Phi) is 7.44. The lowest BCUT2D eigenvalue weighted by molar-refractivity contribution is -0.141. The van der Waals surface area contributed by atoms with Gasteiger partial charge in [-0.15, -0.1) is 0 Å². The summed E-state index contributed by atoms with van der Waals surface area (Å²) in [7, 11) is 0. The Bertz CT molecular complexity index is 739. The lowest BCUT2D eigenvalue weighted by Gasteiger charge is -2.37. The van der Waals surface area contributed by atoms with Crippen molar-refractivity contribution in [1.29, 1.82) is 0 Å². The molecule has 0 aliphatic carbocycles. The number of carbonyl (C=O) groups is 3. The van der Waals surface area contributed by atoms with Gasteiger partial charge < -0.3 is 15.5 Å². The van der Waals surface area contributed by atoms with Crippen molar-refractivity contribution in [2.75, 3.05) is 26.2 Å². The number of amides is 3. The van der Waals surface area contributed by atoms with Crippen LogP contribution in [-0.2, 0) is 14.4 Å². The van der Waals surface area contributed by atoms with E-state index in [1.807, 2.05) is 46.2 Å². The first-order valence-electron chi connectivity index (χ1n) is 10.6. The Labute approximate surface area is 172 Å². The number of nitrogens with two attached hydrogens (primary N) is 1. The van der Waals surface area contributed by atoms with E-state index in [2.05, 4.69) is 0 Å². The number of primary amides is 1. The van der Waals surface area contributed by atoms with Gasteiger partial charge in [-0.2, -0.15) is 0 Å². The van der Waals surface area contributed by atoms with Crippen molar-refractivity contribution < 1.29 is 14.4 Å². The second kappa shape index (κ2) is 10.2. The molecule has 1 aromatic carbocycles. The predicted molar refractivity (Wildman–Crippen MR) is 113 cm³/mol. The van der Waals surface area contributed by atoms with E-state index in [0.717, 1.165) is 37.9 Å². The minimum atomic E-state index is -0.271. The number of nitrogens with zero attached hydrogens (tertiary/aromatic N) is 2. The normalized spacial score (nSPS) is 20.8. The van der Waals surface area contributed by atoms with E-state index in [0.29, 0.717) is 38.3 Å². The molecule has 29 heavy (non-hydrogen) atoms. The molecule has 2 aliphatic heterocycles. The highest BCUT2D eigenvalue weighted by Crippen LogP contribution is 2.26. The van der Waals surface area contributed by atoms with Gasteiger partial charge >= 0.3 is 0 Å². The largest absolute Gasteiger partial charge is 0.370 e. The van der Waals surface area contributed by atoms with Crippen molar-refractivity contribution in [3.8, 4) is 0 Å². The molecule has 2 saturated heterocycles. The fraction of sp³-hybridized carbons (Fsp3) is 0.522. The minimum Gasteiger partial charge on any atom is -0.370 e. The van der Waals surface area contributed by atoms with E-state index >= 15 is 0 Å². The number of benzene rings is 1. The number of piperidine rings is 2. The van der Waals surface area contributed by atoms with Gasteiger partial charge in [0.25, 0.3) is 0 Å². The minimum absolute atomic E-state index is 0.00393. The number of likely N-dealkylation sites (tertiary alicyclic amines) is 2. The molecule has 6 heteroatoms. The van der Waals surface area contributed by atoms with E-state index in [9.17, 15) is 14.4 Å². The van der Waals surface area contributed by atoms with Crippen molar-refractivity contribution in [2.45, 2.75) is 38.5 Å². The standard InChI is InChI=1S/C23H31N3O3/c24-21(27)10-8-19-7-4-14-26(17-19)23(29)20-12-15-25(16-13-20)22(28)11-9-18-5-2-1-3-6-18/h1-3,5-6,9,11,19-20H,4,7-8,10,12-17H2,(H2,24,27)/b11-9+. The van der Waals surface area contributed by atoms with Gasteiger partial charge in [-0.3, -0.25) is 14.4 Å². The molecule has 0 radical (unpaired) electrons. The molecule has 1 unspecified atom stereocenters. The zero-order valence-electron chi connectivity index (χ0n) is 17.0. The van der Waals surface area contributed by atoms with Crippen LogP contribution in [0.2, 0.25) is 0 Å². The van der Waals surface area contributed by atoms with Crippen molar-refractivity contribution in [2.24, 2.45) is 17.6 Å². The van der Waals surface area contributed by atoms with E-state index in [1.165, 1.54) is 0 Å². The van der Waals surface area contributed by atoms with Gasteiger partial charge in [0.05, 0.1) is 0 Å². The highest BCUT2D eigenvalue weighted by Gasteiger charge is 2.32. The summed E-state index contributed by atoms with van der Waals surface area (Å²) in [6.45, 7) is 2.76. The van der Waals surface area contributed by atoms with E-state index in [1.54, 1.807) is 6.08 Å². The van der Waals surface area contributed by atoms with Gasteiger partial charge in [0, 0.05) is 44.6 Å². The maximum Gasteiger partial charge on any atom is 0.246 e. The van der Waals surface area contributed by atoms with Gasteiger partial charge in [0.15, 0.2) is 0 Å². The maximum absolute atomic E-state index is 12.9. The van der Waals surface area contributed by atoms with E-state index in [4.69, 9.17) is 5.73 Å². The second-order valence-electron chi connectivity index (χ2n) is 8.14. The molecule has 0 spiro atoms. The predicted octanol–water partition coefficient (Wildman–Crippen LogP) is 2.44. The first-order valence-corrected chi connectivity index (χ1v) is 10.6. The monoisotopic (exact) mass is 397 g/mol. The smallest absolute Gasteiger partial charge is 0.246 e. The number of hydrogen-bond acceptors (Lipinski definition) is 3.